The number of nitrogens with zero attached hydrogens (tertiary/aromatic N) is 2. The van der Waals surface area contributed by atoms with E-state index >= 15 is 0 Å². The maximum Gasteiger partial charge on any atom is 0.326 e. The number of thiophene rings is 1. The van der Waals surface area contributed by atoms with Crippen LogP contribution in [0.3, 0.4) is 0 Å². The molecule has 6 heteroatoms. The van der Waals surface area contributed by atoms with Gasteiger partial charge in [-0.25, -0.2) is 14.8 Å². The highest BCUT2D eigenvalue weighted by atomic mass is 32.1. The Morgan fingerprint density at radius 2 is 2.15 bits per heavy atom. The normalized spacial score (nSPS) is 18.0. The molecule has 1 unspecified atom stereocenters. The Morgan fingerprint density at radius 1 is 1.35 bits per heavy atom. The highest BCUT2D eigenvalue weighted by Gasteiger charge is 2.30. The molecule has 0 saturated heterocycles. The maximum absolute atomic E-state index is 11.6. The molecule has 0 radical (unpaired) electrons. The predicted molar refractivity (Wildman–Crippen MR) is 79.0 cm³/mol. The second kappa shape index (κ2) is 5.75. The number of rotatable bonds is 4. The van der Waals surface area contributed by atoms with Crippen LogP contribution < -0.4 is 5.32 Å². The molecule has 0 amide bonds. The van der Waals surface area contributed by atoms with Crippen LogP contribution in [0.5, 0.6) is 0 Å². The van der Waals surface area contributed by atoms with Gasteiger partial charge in [0.05, 0.1) is 5.39 Å². The van der Waals surface area contributed by atoms with E-state index in [1.807, 2.05) is 11.4 Å². The molecule has 106 valence electrons. The predicted octanol–water partition coefficient (Wildman–Crippen LogP) is 3.14. The van der Waals surface area contributed by atoms with E-state index in [4.69, 9.17) is 0 Å². The van der Waals surface area contributed by atoms with Crippen LogP contribution in [0, 0.1) is 5.92 Å². The smallest absolute Gasteiger partial charge is 0.326 e. The van der Waals surface area contributed by atoms with Crippen molar-refractivity contribution in [3.05, 3.63) is 17.8 Å². The van der Waals surface area contributed by atoms with Crippen LogP contribution in [0.25, 0.3) is 10.2 Å². The van der Waals surface area contributed by atoms with Crippen LogP contribution in [-0.4, -0.2) is 27.1 Å². The molecule has 1 saturated carbocycles. The lowest BCUT2D eigenvalue weighted by molar-refractivity contribution is -0.139. The van der Waals surface area contributed by atoms with Crippen molar-refractivity contribution in [3.8, 4) is 0 Å². The summed E-state index contributed by atoms with van der Waals surface area (Å²) in [5, 5.41) is 15.5. The molecule has 2 aromatic rings. The second-order valence-corrected chi connectivity index (χ2v) is 6.11. The number of hydrogen-bond acceptors (Lipinski definition) is 5. The number of nitrogens with one attached hydrogen (secondary N) is 1. The summed E-state index contributed by atoms with van der Waals surface area (Å²) in [6.07, 6.45) is 6.89. The fourth-order valence-electron chi connectivity index (χ4n) is 2.90. The summed E-state index contributed by atoms with van der Waals surface area (Å²) in [5.74, 6) is 0.0259. The average molecular weight is 291 g/mol. The number of anilines is 1. The number of carboxylic acids is 1. The van der Waals surface area contributed by atoms with Crippen molar-refractivity contribution in [1.82, 2.24) is 9.97 Å². The second-order valence-electron chi connectivity index (χ2n) is 5.22. The molecular formula is C14H17N3O2S. The van der Waals surface area contributed by atoms with Gasteiger partial charge in [-0.3, -0.25) is 0 Å². The molecule has 0 aromatic carbocycles. The standard InChI is InChI=1S/C14H17N3O2S/c18-14(19)11(9-4-2-1-3-5-9)17-12-10-6-7-20-13(10)16-8-15-12/h6-9,11H,1-5H2,(H,18,19)(H,15,16,17). The van der Waals surface area contributed by atoms with Gasteiger partial charge in [0.2, 0.25) is 0 Å². The molecule has 0 bridgehead atoms. The monoisotopic (exact) mass is 291 g/mol. The Bertz CT molecular complexity index is 607. The van der Waals surface area contributed by atoms with Crippen LogP contribution in [0.4, 0.5) is 5.82 Å². The van der Waals surface area contributed by atoms with E-state index in [1.165, 1.54) is 24.1 Å². The summed E-state index contributed by atoms with van der Waals surface area (Å²) < 4.78 is 0. The first-order valence-electron chi connectivity index (χ1n) is 6.93. The van der Waals surface area contributed by atoms with Crippen molar-refractivity contribution in [2.24, 2.45) is 5.92 Å². The Balaban J connectivity index is 1.85. The third-order valence-electron chi connectivity index (χ3n) is 3.94. The third kappa shape index (κ3) is 2.60. The zero-order chi connectivity index (χ0) is 13.9. The Labute approximate surface area is 121 Å². The van der Waals surface area contributed by atoms with Crippen LogP contribution in [0.1, 0.15) is 32.1 Å². The van der Waals surface area contributed by atoms with E-state index in [1.54, 1.807) is 0 Å². The molecule has 0 aliphatic heterocycles. The lowest BCUT2D eigenvalue weighted by Crippen LogP contribution is -2.38. The van der Waals surface area contributed by atoms with Gasteiger partial charge in [-0.05, 0) is 30.2 Å². The van der Waals surface area contributed by atoms with Gasteiger partial charge in [0, 0.05) is 0 Å². The SMILES string of the molecule is O=C(O)C(Nc1ncnc2sccc12)C1CCCCC1. The molecule has 0 spiro atoms. The number of hydrogen-bond donors (Lipinski definition) is 2. The Morgan fingerprint density at radius 3 is 2.90 bits per heavy atom. The van der Waals surface area contributed by atoms with Gasteiger partial charge in [0.1, 0.15) is 23.0 Å². The van der Waals surface area contributed by atoms with E-state index in [9.17, 15) is 9.90 Å². The van der Waals surface area contributed by atoms with Crippen LogP contribution in [-0.2, 0) is 4.79 Å². The van der Waals surface area contributed by atoms with Gasteiger partial charge in [-0.15, -0.1) is 11.3 Å². The number of aliphatic carboxylic acids is 1. The first-order valence-corrected chi connectivity index (χ1v) is 7.81. The molecule has 2 heterocycles. The molecule has 2 aromatic heterocycles. The molecule has 2 N–H and O–H groups in total. The summed E-state index contributed by atoms with van der Waals surface area (Å²) in [5.41, 5.74) is 0. The zero-order valence-electron chi connectivity index (χ0n) is 11.1. The summed E-state index contributed by atoms with van der Waals surface area (Å²) in [4.78, 5) is 20.9. The largest absolute Gasteiger partial charge is 0.480 e. The lowest BCUT2D eigenvalue weighted by Gasteiger charge is -2.28. The molecule has 5 nitrogen and oxygen atoms in total. The van der Waals surface area contributed by atoms with E-state index in [0.29, 0.717) is 5.82 Å². The minimum Gasteiger partial charge on any atom is -0.480 e. The molecule has 20 heavy (non-hydrogen) atoms. The fourth-order valence-corrected chi connectivity index (χ4v) is 3.63. The van der Waals surface area contributed by atoms with Crippen molar-refractivity contribution in [2.45, 2.75) is 38.1 Å². The first-order chi connectivity index (χ1) is 9.75. The van der Waals surface area contributed by atoms with E-state index in [-0.39, 0.29) is 5.92 Å². The van der Waals surface area contributed by atoms with Crippen molar-refractivity contribution < 1.29 is 9.90 Å². The molecule has 1 aliphatic carbocycles. The van der Waals surface area contributed by atoms with Crippen molar-refractivity contribution in [2.75, 3.05) is 5.32 Å². The third-order valence-corrected chi connectivity index (χ3v) is 4.76. The van der Waals surface area contributed by atoms with Crippen molar-refractivity contribution in [1.29, 1.82) is 0 Å². The van der Waals surface area contributed by atoms with Gasteiger partial charge in [-0.1, -0.05) is 19.3 Å². The molecular weight excluding hydrogens is 274 g/mol. The quantitative estimate of drug-likeness (QED) is 0.905. The summed E-state index contributed by atoms with van der Waals surface area (Å²) in [6.45, 7) is 0. The molecule has 1 atom stereocenters. The van der Waals surface area contributed by atoms with Crippen LogP contribution in [0.15, 0.2) is 17.8 Å². The van der Waals surface area contributed by atoms with E-state index in [0.717, 1.165) is 35.9 Å². The van der Waals surface area contributed by atoms with Gasteiger partial charge < -0.3 is 10.4 Å². The summed E-state index contributed by atoms with van der Waals surface area (Å²) in [6, 6.07) is 1.37. The maximum atomic E-state index is 11.6. The molecule has 1 aliphatic rings. The zero-order valence-corrected chi connectivity index (χ0v) is 11.9. The minimum absolute atomic E-state index is 0.185. The summed E-state index contributed by atoms with van der Waals surface area (Å²) >= 11 is 1.53. The fraction of sp³-hybridized carbons (Fsp3) is 0.500. The first kappa shape index (κ1) is 13.3. The van der Waals surface area contributed by atoms with Crippen molar-refractivity contribution >= 4 is 33.3 Å². The number of fused-ring (bicyclic) bond motifs is 1. The number of carboxylic acid groups (broad SMARTS) is 1. The van der Waals surface area contributed by atoms with Gasteiger partial charge in [0.15, 0.2) is 0 Å². The van der Waals surface area contributed by atoms with E-state index < -0.39 is 12.0 Å². The highest BCUT2D eigenvalue weighted by Crippen LogP contribution is 2.30. The number of carbonyl (C=O) groups is 1. The number of aromatic nitrogens is 2. The van der Waals surface area contributed by atoms with Gasteiger partial charge >= 0.3 is 5.97 Å². The summed E-state index contributed by atoms with van der Waals surface area (Å²) in [7, 11) is 0. The van der Waals surface area contributed by atoms with Crippen LogP contribution in [0.2, 0.25) is 0 Å². The van der Waals surface area contributed by atoms with Crippen LogP contribution >= 0.6 is 11.3 Å². The molecule has 3 rings (SSSR count). The minimum atomic E-state index is -0.793. The van der Waals surface area contributed by atoms with Gasteiger partial charge in [0.25, 0.3) is 0 Å². The Kier molecular flexibility index (Phi) is 3.82. The lowest BCUT2D eigenvalue weighted by atomic mass is 9.84. The molecule has 1 fully saturated rings. The topological polar surface area (TPSA) is 75.1 Å². The van der Waals surface area contributed by atoms with Crippen molar-refractivity contribution in [3.63, 3.8) is 0 Å². The van der Waals surface area contributed by atoms with E-state index in [2.05, 4.69) is 15.3 Å². The average Bonchev–Trinajstić information content (AvgIpc) is 2.94. The van der Waals surface area contributed by atoms with Gasteiger partial charge in [-0.2, -0.15) is 0 Å². The highest BCUT2D eigenvalue weighted by molar-refractivity contribution is 7.16. The Hall–Kier alpha value is -1.69.